The average molecular weight is 337 g/mol. The van der Waals surface area contributed by atoms with Crippen LogP contribution in [0.2, 0.25) is 0 Å². The van der Waals surface area contributed by atoms with Gasteiger partial charge in [0.05, 0.1) is 11.9 Å². The second-order valence-corrected chi connectivity index (χ2v) is 7.54. The van der Waals surface area contributed by atoms with E-state index in [1.165, 1.54) is 22.2 Å². The lowest BCUT2D eigenvalue weighted by atomic mass is 10.2. The lowest BCUT2D eigenvalue weighted by Gasteiger charge is -2.10. The lowest BCUT2D eigenvalue weighted by molar-refractivity contribution is -0.119. The van der Waals surface area contributed by atoms with Gasteiger partial charge in [-0.3, -0.25) is 4.79 Å². The maximum Gasteiger partial charge on any atom is 0.230 e. The second-order valence-electron chi connectivity index (χ2n) is 5.37. The van der Waals surface area contributed by atoms with Crippen LogP contribution in [0.3, 0.4) is 0 Å². The molecule has 1 atom stereocenters. The summed E-state index contributed by atoms with van der Waals surface area (Å²) < 4.78 is 5.50. The summed E-state index contributed by atoms with van der Waals surface area (Å²) in [6.45, 7) is 5.59. The van der Waals surface area contributed by atoms with Crippen molar-refractivity contribution in [1.29, 1.82) is 0 Å². The molecule has 5 nitrogen and oxygen atoms in total. The summed E-state index contributed by atoms with van der Waals surface area (Å²) in [6.07, 6.45) is 3.88. The van der Waals surface area contributed by atoms with Crippen molar-refractivity contribution in [2.75, 3.05) is 18.9 Å². The third kappa shape index (κ3) is 3.42. The van der Waals surface area contributed by atoms with E-state index in [1.54, 1.807) is 17.7 Å². The van der Waals surface area contributed by atoms with Gasteiger partial charge in [-0.25, -0.2) is 9.97 Å². The number of rotatable bonds is 5. The Kier molecular flexibility index (Phi) is 4.95. The van der Waals surface area contributed by atoms with Gasteiger partial charge in [0.1, 0.15) is 16.2 Å². The van der Waals surface area contributed by atoms with Crippen LogP contribution in [-0.4, -0.2) is 40.9 Å². The van der Waals surface area contributed by atoms with Crippen molar-refractivity contribution < 1.29 is 9.53 Å². The molecule has 1 N–H and O–H groups in total. The monoisotopic (exact) mass is 337 g/mol. The van der Waals surface area contributed by atoms with E-state index in [0.717, 1.165) is 34.7 Å². The molecule has 118 valence electrons. The van der Waals surface area contributed by atoms with Gasteiger partial charge in [-0.2, -0.15) is 0 Å². The van der Waals surface area contributed by atoms with E-state index < -0.39 is 0 Å². The molecule has 0 aliphatic carbocycles. The molecule has 0 saturated carbocycles. The van der Waals surface area contributed by atoms with Crippen molar-refractivity contribution in [2.45, 2.75) is 37.8 Å². The maximum absolute atomic E-state index is 12.0. The highest BCUT2D eigenvalue weighted by molar-refractivity contribution is 8.00. The van der Waals surface area contributed by atoms with Crippen molar-refractivity contribution in [3.05, 3.63) is 16.8 Å². The first kappa shape index (κ1) is 15.7. The van der Waals surface area contributed by atoms with Crippen LogP contribution >= 0.6 is 23.1 Å². The van der Waals surface area contributed by atoms with Crippen molar-refractivity contribution in [3.63, 3.8) is 0 Å². The Balaban J connectivity index is 1.60. The van der Waals surface area contributed by atoms with Gasteiger partial charge in [0.25, 0.3) is 0 Å². The van der Waals surface area contributed by atoms with Gasteiger partial charge in [0.2, 0.25) is 5.91 Å². The Bertz CT molecular complexity index is 681. The Hall–Kier alpha value is -1.18. The molecule has 2 aromatic rings. The fourth-order valence-electron chi connectivity index (χ4n) is 2.48. The number of amides is 1. The quantitative estimate of drug-likeness (QED) is 0.671. The van der Waals surface area contributed by atoms with E-state index in [2.05, 4.69) is 29.1 Å². The van der Waals surface area contributed by atoms with Crippen LogP contribution in [0, 0.1) is 13.8 Å². The number of carbonyl (C=O) groups is 1. The standard InChI is InChI=1S/C15H19N3O2S2/c1-9-10(2)22-15-13(9)14(17-8-18-15)21-7-12(19)16-6-11-4-3-5-20-11/h8,11H,3-7H2,1-2H3,(H,16,19)/t11-/m1/s1. The molecule has 3 rings (SSSR count). The van der Waals surface area contributed by atoms with Gasteiger partial charge < -0.3 is 10.1 Å². The fourth-order valence-corrected chi connectivity index (χ4v) is 4.42. The van der Waals surface area contributed by atoms with Crippen LogP contribution in [0.25, 0.3) is 10.2 Å². The van der Waals surface area contributed by atoms with Gasteiger partial charge in [0, 0.05) is 23.4 Å². The fraction of sp³-hybridized carbons (Fsp3) is 0.533. The minimum atomic E-state index is 0.0249. The van der Waals surface area contributed by atoms with Crippen molar-refractivity contribution in [1.82, 2.24) is 15.3 Å². The van der Waals surface area contributed by atoms with E-state index in [9.17, 15) is 4.79 Å². The Morgan fingerprint density at radius 2 is 2.36 bits per heavy atom. The molecule has 3 heterocycles. The summed E-state index contributed by atoms with van der Waals surface area (Å²) in [4.78, 5) is 22.9. The zero-order chi connectivity index (χ0) is 15.5. The largest absolute Gasteiger partial charge is 0.376 e. The summed E-state index contributed by atoms with van der Waals surface area (Å²) in [6, 6.07) is 0. The molecule has 1 saturated heterocycles. The molecule has 1 aliphatic rings. The van der Waals surface area contributed by atoms with E-state index in [4.69, 9.17) is 4.74 Å². The maximum atomic E-state index is 12.0. The van der Waals surface area contributed by atoms with E-state index in [-0.39, 0.29) is 12.0 Å². The second kappa shape index (κ2) is 6.93. The smallest absolute Gasteiger partial charge is 0.230 e. The zero-order valence-electron chi connectivity index (χ0n) is 12.7. The lowest BCUT2D eigenvalue weighted by Crippen LogP contribution is -2.32. The molecule has 0 spiro atoms. The number of hydrogen-bond acceptors (Lipinski definition) is 6. The number of thioether (sulfide) groups is 1. The van der Waals surface area contributed by atoms with E-state index >= 15 is 0 Å². The third-order valence-electron chi connectivity index (χ3n) is 3.82. The van der Waals surface area contributed by atoms with Crippen molar-refractivity contribution in [3.8, 4) is 0 Å². The molecule has 7 heteroatoms. The summed E-state index contributed by atoms with van der Waals surface area (Å²) in [5, 5.41) is 4.91. The molecule has 22 heavy (non-hydrogen) atoms. The normalized spacial score (nSPS) is 18.0. The highest BCUT2D eigenvalue weighted by Gasteiger charge is 2.17. The molecule has 0 bridgehead atoms. The van der Waals surface area contributed by atoms with Crippen LogP contribution in [0.4, 0.5) is 0 Å². The SMILES string of the molecule is Cc1sc2ncnc(SCC(=O)NC[C@H]3CCCO3)c2c1C. The third-order valence-corrected chi connectivity index (χ3v) is 5.93. The zero-order valence-corrected chi connectivity index (χ0v) is 14.4. The molecular weight excluding hydrogens is 318 g/mol. The summed E-state index contributed by atoms with van der Waals surface area (Å²) in [7, 11) is 0. The Labute approximate surface area is 137 Å². The number of hydrogen-bond donors (Lipinski definition) is 1. The minimum Gasteiger partial charge on any atom is -0.376 e. The van der Waals surface area contributed by atoms with Gasteiger partial charge in [-0.15, -0.1) is 11.3 Å². The first-order valence-corrected chi connectivity index (χ1v) is 9.17. The average Bonchev–Trinajstić information content (AvgIpc) is 3.12. The van der Waals surface area contributed by atoms with Crippen LogP contribution in [0.1, 0.15) is 23.3 Å². The van der Waals surface area contributed by atoms with E-state index in [0.29, 0.717) is 12.3 Å². The Morgan fingerprint density at radius 3 is 3.14 bits per heavy atom. The van der Waals surface area contributed by atoms with Crippen molar-refractivity contribution >= 4 is 39.2 Å². The van der Waals surface area contributed by atoms with Gasteiger partial charge >= 0.3 is 0 Å². The molecule has 0 aromatic carbocycles. The number of aromatic nitrogens is 2. The van der Waals surface area contributed by atoms with Crippen LogP contribution in [0.5, 0.6) is 0 Å². The highest BCUT2D eigenvalue weighted by Crippen LogP contribution is 2.34. The number of aryl methyl sites for hydroxylation is 2. The number of ether oxygens (including phenoxy) is 1. The number of fused-ring (bicyclic) bond motifs is 1. The van der Waals surface area contributed by atoms with Gasteiger partial charge in [-0.1, -0.05) is 11.8 Å². The molecule has 0 radical (unpaired) electrons. The molecular formula is C15H19N3O2S2. The number of nitrogens with zero attached hydrogens (tertiary/aromatic N) is 2. The van der Waals surface area contributed by atoms with Crippen LogP contribution in [-0.2, 0) is 9.53 Å². The summed E-state index contributed by atoms with van der Waals surface area (Å²) in [5.74, 6) is 0.393. The highest BCUT2D eigenvalue weighted by atomic mass is 32.2. The Morgan fingerprint density at radius 1 is 1.50 bits per heavy atom. The minimum absolute atomic E-state index is 0.0249. The first-order valence-electron chi connectivity index (χ1n) is 7.37. The number of carbonyl (C=O) groups excluding carboxylic acids is 1. The van der Waals surface area contributed by atoms with Gasteiger partial charge in [-0.05, 0) is 32.3 Å². The van der Waals surface area contributed by atoms with Crippen LogP contribution in [0.15, 0.2) is 11.4 Å². The number of nitrogens with one attached hydrogen (secondary N) is 1. The predicted molar refractivity (Wildman–Crippen MR) is 89.6 cm³/mol. The molecule has 1 amide bonds. The van der Waals surface area contributed by atoms with E-state index in [1.807, 2.05) is 0 Å². The molecule has 1 fully saturated rings. The molecule has 0 unspecified atom stereocenters. The summed E-state index contributed by atoms with van der Waals surface area (Å²) >= 11 is 3.14. The molecule has 1 aliphatic heterocycles. The first-order chi connectivity index (χ1) is 10.6. The molecule has 2 aromatic heterocycles. The van der Waals surface area contributed by atoms with Crippen molar-refractivity contribution in [2.24, 2.45) is 0 Å². The van der Waals surface area contributed by atoms with Crippen LogP contribution < -0.4 is 5.32 Å². The predicted octanol–water partition coefficient (Wildman–Crippen LogP) is 2.70. The topological polar surface area (TPSA) is 64.1 Å². The summed E-state index contributed by atoms with van der Waals surface area (Å²) in [5.41, 5.74) is 1.21. The van der Waals surface area contributed by atoms with Gasteiger partial charge in [0.15, 0.2) is 0 Å². The number of thiophene rings is 1.